The van der Waals surface area contributed by atoms with Gasteiger partial charge in [-0.1, -0.05) is 13.3 Å². The van der Waals surface area contributed by atoms with E-state index in [-0.39, 0.29) is 6.04 Å². The molecule has 2 N–H and O–H groups in total. The van der Waals surface area contributed by atoms with Gasteiger partial charge >= 0.3 is 0 Å². The minimum atomic E-state index is -1.19. The predicted octanol–water partition coefficient (Wildman–Crippen LogP) is 2.61. The van der Waals surface area contributed by atoms with Gasteiger partial charge in [-0.15, -0.1) is 0 Å². The van der Waals surface area contributed by atoms with E-state index >= 15 is 0 Å². The van der Waals surface area contributed by atoms with Crippen LogP contribution in [0.2, 0.25) is 0 Å². The van der Waals surface area contributed by atoms with Crippen LogP contribution in [0.25, 0.3) is 0 Å². The molecule has 0 aromatic heterocycles. The highest BCUT2D eigenvalue weighted by Crippen LogP contribution is 2.20. The summed E-state index contributed by atoms with van der Waals surface area (Å²) < 4.78 is 39.9. The standard InChI is InChI=1S/C15H19F3N2O/c1-2-9-4-3-5-19-13(9)8-20-15(21)14-11(17)6-10(16)7-12(14)18/h6-7,9,13,19H,2-5,8H2,1H3,(H,20,21). The zero-order valence-corrected chi connectivity index (χ0v) is 11.9. The van der Waals surface area contributed by atoms with Gasteiger partial charge in [-0.25, -0.2) is 13.2 Å². The molecule has 6 heteroatoms. The number of piperidine rings is 1. The van der Waals surface area contributed by atoms with Crippen molar-refractivity contribution in [2.45, 2.75) is 32.2 Å². The van der Waals surface area contributed by atoms with Crippen molar-refractivity contribution in [3.05, 3.63) is 35.1 Å². The first-order valence-corrected chi connectivity index (χ1v) is 7.19. The molecular formula is C15H19F3N2O. The third-order valence-electron chi connectivity index (χ3n) is 3.97. The van der Waals surface area contributed by atoms with Crippen molar-refractivity contribution in [2.75, 3.05) is 13.1 Å². The second-order valence-corrected chi connectivity index (χ2v) is 5.33. The van der Waals surface area contributed by atoms with Crippen molar-refractivity contribution in [1.29, 1.82) is 0 Å². The number of carbonyl (C=O) groups is 1. The second kappa shape index (κ2) is 6.93. The molecule has 1 aliphatic heterocycles. The highest BCUT2D eigenvalue weighted by Gasteiger charge is 2.25. The van der Waals surface area contributed by atoms with Gasteiger partial charge in [-0.2, -0.15) is 0 Å². The van der Waals surface area contributed by atoms with Crippen LogP contribution in [0, 0.1) is 23.4 Å². The van der Waals surface area contributed by atoms with E-state index < -0.39 is 28.9 Å². The van der Waals surface area contributed by atoms with E-state index in [1.54, 1.807) is 0 Å². The number of nitrogens with one attached hydrogen (secondary N) is 2. The topological polar surface area (TPSA) is 41.1 Å². The Morgan fingerprint density at radius 2 is 2.00 bits per heavy atom. The van der Waals surface area contributed by atoms with Gasteiger partial charge in [0, 0.05) is 24.7 Å². The largest absolute Gasteiger partial charge is 0.350 e. The first kappa shape index (κ1) is 15.8. The third kappa shape index (κ3) is 3.75. The van der Waals surface area contributed by atoms with Crippen molar-refractivity contribution < 1.29 is 18.0 Å². The number of rotatable bonds is 4. The Labute approximate surface area is 121 Å². The predicted molar refractivity (Wildman–Crippen MR) is 73.5 cm³/mol. The summed E-state index contributed by atoms with van der Waals surface area (Å²) in [6.07, 6.45) is 3.14. The van der Waals surface area contributed by atoms with Gasteiger partial charge in [-0.05, 0) is 25.3 Å². The fraction of sp³-hybridized carbons (Fsp3) is 0.533. The summed E-state index contributed by atoms with van der Waals surface area (Å²) in [5.41, 5.74) is -0.736. The summed E-state index contributed by atoms with van der Waals surface area (Å²) in [6.45, 7) is 3.25. The number of hydrogen-bond acceptors (Lipinski definition) is 2. The number of halogens is 3. The molecule has 1 heterocycles. The summed E-state index contributed by atoms with van der Waals surface area (Å²) in [5, 5.41) is 5.83. The fourth-order valence-electron chi connectivity index (χ4n) is 2.80. The molecule has 1 saturated heterocycles. The average Bonchev–Trinajstić information content (AvgIpc) is 2.44. The van der Waals surface area contributed by atoms with E-state index in [9.17, 15) is 18.0 Å². The molecule has 116 valence electrons. The van der Waals surface area contributed by atoms with Gasteiger partial charge in [0.25, 0.3) is 5.91 Å². The molecule has 0 aliphatic carbocycles. The van der Waals surface area contributed by atoms with Crippen molar-refractivity contribution in [3.63, 3.8) is 0 Å². The molecule has 21 heavy (non-hydrogen) atoms. The molecule has 1 amide bonds. The highest BCUT2D eigenvalue weighted by atomic mass is 19.1. The number of amides is 1. The molecule has 0 spiro atoms. The Hall–Kier alpha value is -1.56. The van der Waals surface area contributed by atoms with Crippen LogP contribution >= 0.6 is 0 Å². The number of carbonyl (C=O) groups excluding carboxylic acids is 1. The monoisotopic (exact) mass is 300 g/mol. The maximum absolute atomic E-state index is 13.5. The van der Waals surface area contributed by atoms with E-state index in [4.69, 9.17) is 0 Å². The van der Waals surface area contributed by atoms with Crippen LogP contribution in [-0.4, -0.2) is 25.0 Å². The summed E-state index contributed by atoms with van der Waals surface area (Å²) >= 11 is 0. The van der Waals surface area contributed by atoms with Crippen LogP contribution in [0.3, 0.4) is 0 Å². The minimum absolute atomic E-state index is 0.0965. The Bertz CT molecular complexity index is 499. The van der Waals surface area contributed by atoms with Gasteiger partial charge in [0.05, 0.1) is 0 Å². The van der Waals surface area contributed by atoms with Crippen LogP contribution in [-0.2, 0) is 0 Å². The molecule has 1 aromatic carbocycles. The zero-order chi connectivity index (χ0) is 15.4. The molecule has 2 atom stereocenters. The van der Waals surface area contributed by atoms with Crippen molar-refractivity contribution in [1.82, 2.24) is 10.6 Å². The third-order valence-corrected chi connectivity index (χ3v) is 3.97. The summed E-state index contributed by atoms with van der Waals surface area (Å²) in [6, 6.07) is 1.11. The first-order valence-electron chi connectivity index (χ1n) is 7.19. The van der Waals surface area contributed by atoms with E-state index in [1.165, 1.54) is 0 Å². The Balaban J connectivity index is 2.02. The SMILES string of the molecule is CCC1CCCNC1CNC(=O)c1c(F)cc(F)cc1F. The van der Waals surface area contributed by atoms with Crippen LogP contribution in [0.15, 0.2) is 12.1 Å². The lowest BCUT2D eigenvalue weighted by Gasteiger charge is -2.32. The van der Waals surface area contributed by atoms with Gasteiger partial charge < -0.3 is 10.6 Å². The average molecular weight is 300 g/mol. The van der Waals surface area contributed by atoms with E-state index in [2.05, 4.69) is 17.6 Å². The number of benzene rings is 1. The fourth-order valence-corrected chi connectivity index (χ4v) is 2.80. The molecule has 0 saturated carbocycles. The minimum Gasteiger partial charge on any atom is -0.350 e. The van der Waals surface area contributed by atoms with Crippen LogP contribution in [0.4, 0.5) is 13.2 Å². The van der Waals surface area contributed by atoms with Crippen LogP contribution in [0.5, 0.6) is 0 Å². The summed E-state index contributed by atoms with van der Waals surface area (Å²) in [7, 11) is 0. The van der Waals surface area contributed by atoms with E-state index in [1.807, 2.05) is 0 Å². The van der Waals surface area contributed by atoms with Gasteiger partial charge in [0.2, 0.25) is 0 Å². The second-order valence-electron chi connectivity index (χ2n) is 5.33. The van der Waals surface area contributed by atoms with Gasteiger partial charge in [0.15, 0.2) is 0 Å². The summed E-state index contributed by atoms with van der Waals surface area (Å²) in [5.74, 6) is -3.84. The smallest absolute Gasteiger partial charge is 0.257 e. The molecule has 3 nitrogen and oxygen atoms in total. The van der Waals surface area contributed by atoms with Crippen molar-refractivity contribution in [3.8, 4) is 0 Å². The van der Waals surface area contributed by atoms with Crippen LogP contribution < -0.4 is 10.6 Å². The Morgan fingerprint density at radius 3 is 2.62 bits per heavy atom. The quantitative estimate of drug-likeness (QED) is 0.897. The van der Waals surface area contributed by atoms with Gasteiger partial charge in [0.1, 0.15) is 23.0 Å². The van der Waals surface area contributed by atoms with Gasteiger partial charge in [-0.3, -0.25) is 4.79 Å². The van der Waals surface area contributed by atoms with E-state index in [0.717, 1.165) is 25.8 Å². The highest BCUT2D eigenvalue weighted by molar-refractivity contribution is 5.94. The van der Waals surface area contributed by atoms with E-state index in [0.29, 0.717) is 24.6 Å². The maximum atomic E-state index is 13.5. The lowest BCUT2D eigenvalue weighted by atomic mass is 9.88. The lowest BCUT2D eigenvalue weighted by Crippen LogP contribution is -2.48. The van der Waals surface area contributed by atoms with Crippen LogP contribution in [0.1, 0.15) is 36.5 Å². The lowest BCUT2D eigenvalue weighted by molar-refractivity contribution is 0.0933. The Kier molecular flexibility index (Phi) is 5.22. The normalized spacial score (nSPS) is 22.1. The number of hydrogen-bond donors (Lipinski definition) is 2. The molecule has 1 aliphatic rings. The Morgan fingerprint density at radius 1 is 1.33 bits per heavy atom. The van der Waals surface area contributed by atoms with Crippen molar-refractivity contribution >= 4 is 5.91 Å². The molecule has 2 rings (SSSR count). The maximum Gasteiger partial charge on any atom is 0.257 e. The molecule has 2 unspecified atom stereocenters. The molecule has 1 aromatic rings. The molecule has 0 radical (unpaired) electrons. The first-order chi connectivity index (χ1) is 10.0. The zero-order valence-electron chi connectivity index (χ0n) is 11.9. The molecular weight excluding hydrogens is 281 g/mol. The van der Waals surface area contributed by atoms with Crippen molar-refractivity contribution in [2.24, 2.45) is 5.92 Å². The summed E-state index contributed by atoms with van der Waals surface area (Å²) in [4.78, 5) is 11.9. The molecule has 0 bridgehead atoms. The molecule has 1 fully saturated rings.